The molecule has 110 valence electrons. The van der Waals surface area contributed by atoms with E-state index in [1.54, 1.807) is 37.3 Å². The lowest BCUT2D eigenvalue weighted by atomic mass is 10.1. The normalized spacial score (nSPS) is 9.86. The number of ketones is 1. The molecule has 0 aliphatic carbocycles. The molecule has 0 fully saturated rings. The molecule has 22 heavy (non-hydrogen) atoms. The quantitative estimate of drug-likeness (QED) is 0.877. The van der Waals surface area contributed by atoms with E-state index >= 15 is 0 Å². The lowest BCUT2D eigenvalue weighted by molar-refractivity contribution is 0.0949. The highest BCUT2D eigenvalue weighted by molar-refractivity contribution is 5.95. The van der Waals surface area contributed by atoms with Gasteiger partial charge < -0.3 is 5.32 Å². The third-order valence-corrected chi connectivity index (χ3v) is 3.21. The molecular formula is C17H15N3O2. The van der Waals surface area contributed by atoms with E-state index in [0.717, 1.165) is 0 Å². The number of benzene rings is 1. The predicted molar refractivity (Wildman–Crippen MR) is 81.3 cm³/mol. The number of aromatic nitrogens is 1. The standard InChI is InChI=1S/C17H15N3O2/c1-11-16(12(2)21)7-6-15(20-11)10-19-17(22)14-5-3-4-13(8-14)9-18/h3-8H,10H2,1-2H3,(H,19,22). The fourth-order valence-electron chi connectivity index (χ4n) is 2.09. The van der Waals surface area contributed by atoms with Crippen molar-refractivity contribution in [1.82, 2.24) is 10.3 Å². The Morgan fingerprint density at radius 2 is 2.05 bits per heavy atom. The van der Waals surface area contributed by atoms with E-state index in [1.807, 2.05) is 6.07 Å². The Balaban J connectivity index is 2.06. The van der Waals surface area contributed by atoms with Crippen LogP contribution in [0.15, 0.2) is 36.4 Å². The van der Waals surface area contributed by atoms with Gasteiger partial charge in [-0.3, -0.25) is 14.6 Å². The summed E-state index contributed by atoms with van der Waals surface area (Å²) >= 11 is 0. The van der Waals surface area contributed by atoms with Crippen LogP contribution in [-0.2, 0) is 6.54 Å². The number of nitrogens with one attached hydrogen (secondary N) is 1. The van der Waals surface area contributed by atoms with Crippen LogP contribution < -0.4 is 5.32 Å². The van der Waals surface area contributed by atoms with Gasteiger partial charge in [-0.25, -0.2) is 0 Å². The van der Waals surface area contributed by atoms with E-state index in [4.69, 9.17) is 5.26 Å². The van der Waals surface area contributed by atoms with Crippen LogP contribution in [0, 0.1) is 18.3 Å². The summed E-state index contributed by atoms with van der Waals surface area (Å²) in [4.78, 5) is 27.7. The van der Waals surface area contributed by atoms with Crippen molar-refractivity contribution < 1.29 is 9.59 Å². The number of amides is 1. The van der Waals surface area contributed by atoms with E-state index in [0.29, 0.717) is 28.1 Å². The van der Waals surface area contributed by atoms with Gasteiger partial charge in [0, 0.05) is 16.8 Å². The zero-order chi connectivity index (χ0) is 16.1. The van der Waals surface area contributed by atoms with Crippen molar-refractivity contribution in [2.45, 2.75) is 20.4 Å². The number of rotatable bonds is 4. The largest absolute Gasteiger partial charge is 0.346 e. The fourth-order valence-corrected chi connectivity index (χ4v) is 2.09. The molecule has 1 N–H and O–H groups in total. The molecule has 0 radical (unpaired) electrons. The number of hydrogen-bond acceptors (Lipinski definition) is 4. The average molecular weight is 293 g/mol. The maximum atomic E-state index is 12.0. The number of carbonyl (C=O) groups excluding carboxylic acids is 2. The van der Waals surface area contributed by atoms with Gasteiger partial charge in [-0.05, 0) is 44.2 Å². The Bertz CT molecular complexity index is 776. The Kier molecular flexibility index (Phi) is 4.64. The molecule has 1 aromatic heterocycles. The zero-order valence-electron chi connectivity index (χ0n) is 12.4. The second kappa shape index (κ2) is 6.64. The molecule has 2 aromatic rings. The second-order valence-corrected chi connectivity index (χ2v) is 4.87. The lowest BCUT2D eigenvalue weighted by Crippen LogP contribution is -2.23. The predicted octanol–water partition coefficient (Wildman–Crippen LogP) is 2.39. The molecule has 0 spiro atoms. The first-order valence-corrected chi connectivity index (χ1v) is 6.77. The number of pyridine rings is 1. The van der Waals surface area contributed by atoms with Gasteiger partial charge in [0.05, 0.1) is 23.9 Å². The first-order valence-electron chi connectivity index (χ1n) is 6.77. The first kappa shape index (κ1) is 15.4. The van der Waals surface area contributed by atoms with Crippen LogP contribution >= 0.6 is 0 Å². The highest BCUT2D eigenvalue weighted by Crippen LogP contribution is 2.08. The SMILES string of the molecule is CC(=O)c1ccc(CNC(=O)c2cccc(C#N)c2)nc1C. The molecule has 0 unspecified atom stereocenters. The van der Waals surface area contributed by atoms with E-state index in [-0.39, 0.29) is 18.2 Å². The molecule has 0 saturated carbocycles. The molecule has 0 aliphatic heterocycles. The minimum atomic E-state index is -0.271. The minimum absolute atomic E-state index is 0.0334. The third kappa shape index (κ3) is 3.55. The number of hydrogen-bond donors (Lipinski definition) is 1. The van der Waals surface area contributed by atoms with Crippen molar-refractivity contribution in [1.29, 1.82) is 5.26 Å². The van der Waals surface area contributed by atoms with Crippen molar-refractivity contribution >= 4 is 11.7 Å². The van der Waals surface area contributed by atoms with Gasteiger partial charge in [-0.1, -0.05) is 6.07 Å². The molecule has 1 heterocycles. The minimum Gasteiger partial charge on any atom is -0.346 e. The number of aryl methyl sites for hydroxylation is 1. The first-order chi connectivity index (χ1) is 10.5. The molecule has 1 amide bonds. The molecule has 5 nitrogen and oxygen atoms in total. The average Bonchev–Trinajstić information content (AvgIpc) is 2.52. The summed E-state index contributed by atoms with van der Waals surface area (Å²) < 4.78 is 0. The molecular weight excluding hydrogens is 278 g/mol. The monoisotopic (exact) mass is 293 g/mol. The van der Waals surface area contributed by atoms with Gasteiger partial charge in [0.1, 0.15) is 0 Å². The number of nitriles is 1. The van der Waals surface area contributed by atoms with E-state index in [9.17, 15) is 9.59 Å². The Hall–Kier alpha value is -3.00. The van der Waals surface area contributed by atoms with Crippen LogP contribution in [0.1, 0.15) is 44.6 Å². The van der Waals surface area contributed by atoms with Crippen LogP contribution in [0.2, 0.25) is 0 Å². The van der Waals surface area contributed by atoms with Gasteiger partial charge >= 0.3 is 0 Å². The molecule has 2 rings (SSSR count). The van der Waals surface area contributed by atoms with Crippen LogP contribution in [0.25, 0.3) is 0 Å². The Morgan fingerprint density at radius 3 is 2.68 bits per heavy atom. The molecule has 0 saturated heterocycles. The second-order valence-electron chi connectivity index (χ2n) is 4.87. The highest BCUT2D eigenvalue weighted by atomic mass is 16.1. The van der Waals surface area contributed by atoms with Crippen LogP contribution in [-0.4, -0.2) is 16.7 Å². The van der Waals surface area contributed by atoms with Crippen molar-refractivity contribution in [3.05, 3.63) is 64.5 Å². The molecule has 0 atom stereocenters. The third-order valence-electron chi connectivity index (χ3n) is 3.21. The smallest absolute Gasteiger partial charge is 0.251 e. The van der Waals surface area contributed by atoms with Crippen molar-refractivity contribution in [2.24, 2.45) is 0 Å². The van der Waals surface area contributed by atoms with Crippen LogP contribution in [0.4, 0.5) is 0 Å². The molecule has 0 aliphatic rings. The van der Waals surface area contributed by atoms with Gasteiger partial charge in [0.2, 0.25) is 0 Å². The van der Waals surface area contributed by atoms with Gasteiger partial charge in [-0.2, -0.15) is 5.26 Å². The highest BCUT2D eigenvalue weighted by Gasteiger charge is 2.09. The van der Waals surface area contributed by atoms with Gasteiger partial charge in [-0.15, -0.1) is 0 Å². The van der Waals surface area contributed by atoms with Gasteiger partial charge in [0.25, 0.3) is 5.91 Å². The molecule has 1 aromatic carbocycles. The Labute approximate surface area is 128 Å². The maximum absolute atomic E-state index is 12.0. The van der Waals surface area contributed by atoms with Crippen molar-refractivity contribution in [3.63, 3.8) is 0 Å². The topological polar surface area (TPSA) is 82.9 Å². The van der Waals surface area contributed by atoms with Crippen LogP contribution in [0.5, 0.6) is 0 Å². The summed E-state index contributed by atoms with van der Waals surface area (Å²) in [5.41, 5.74) is 2.76. The summed E-state index contributed by atoms with van der Waals surface area (Å²) in [6.07, 6.45) is 0. The van der Waals surface area contributed by atoms with E-state index < -0.39 is 0 Å². The maximum Gasteiger partial charge on any atom is 0.251 e. The van der Waals surface area contributed by atoms with Crippen LogP contribution in [0.3, 0.4) is 0 Å². The molecule has 0 bridgehead atoms. The molecule has 5 heteroatoms. The number of nitrogens with zero attached hydrogens (tertiary/aromatic N) is 2. The van der Waals surface area contributed by atoms with Gasteiger partial charge in [0.15, 0.2) is 5.78 Å². The van der Waals surface area contributed by atoms with Crippen molar-refractivity contribution in [2.75, 3.05) is 0 Å². The Morgan fingerprint density at radius 1 is 1.27 bits per heavy atom. The lowest BCUT2D eigenvalue weighted by Gasteiger charge is -2.07. The zero-order valence-corrected chi connectivity index (χ0v) is 12.4. The van der Waals surface area contributed by atoms with E-state index in [2.05, 4.69) is 10.3 Å². The summed E-state index contributed by atoms with van der Waals surface area (Å²) in [7, 11) is 0. The summed E-state index contributed by atoms with van der Waals surface area (Å²) in [6, 6.07) is 11.9. The van der Waals surface area contributed by atoms with Crippen molar-refractivity contribution in [3.8, 4) is 6.07 Å². The summed E-state index contributed by atoms with van der Waals surface area (Å²) in [5.74, 6) is -0.305. The summed E-state index contributed by atoms with van der Waals surface area (Å²) in [6.45, 7) is 3.51. The fraction of sp³-hybridized carbons (Fsp3) is 0.176. The summed E-state index contributed by atoms with van der Waals surface area (Å²) in [5, 5.41) is 11.6. The van der Waals surface area contributed by atoms with E-state index in [1.165, 1.54) is 13.0 Å². The number of Topliss-reactive ketones (excluding diaryl/α,β-unsaturated/α-hetero) is 1. The number of carbonyl (C=O) groups is 2.